The summed E-state index contributed by atoms with van der Waals surface area (Å²) >= 11 is 0. The fourth-order valence-electron chi connectivity index (χ4n) is 3.43. The number of benzene rings is 2. The number of nitrogen functional groups attached to an aromatic ring is 1. The van der Waals surface area contributed by atoms with Gasteiger partial charge in [-0.15, -0.1) is 0 Å². The first-order valence-electron chi connectivity index (χ1n) is 8.30. The van der Waals surface area contributed by atoms with Crippen molar-refractivity contribution in [3.63, 3.8) is 0 Å². The lowest BCUT2D eigenvalue weighted by molar-refractivity contribution is 0.0592. The molecule has 0 saturated carbocycles. The Kier molecular flexibility index (Phi) is 3.83. The molecule has 0 unspecified atom stereocenters. The van der Waals surface area contributed by atoms with Gasteiger partial charge < -0.3 is 15.0 Å². The van der Waals surface area contributed by atoms with Gasteiger partial charge in [-0.1, -0.05) is 36.4 Å². The summed E-state index contributed by atoms with van der Waals surface area (Å²) in [5.41, 5.74) is 7.14. The molecular formula is C21H13N3O4. The van der Waals surface area contributed by atoms with Crippen LogP contribution in [-0.4, -0.2) is 29.2 Å². The second kappa shape index (κ2) is 6.21. The van der Waals surface area contributed by atoms with Crippen molar-refractivity contribution < 1.29 is 19.1 Å². The lowest BCUT2D eigenvalue weighted by Crippen LogP contribution is -2.23. The van der Waals surface area contributed by atoms with Gasteiger partial charge in [0.05, 0.1) is 29.6 Å². The van der Waals surface area contributed by atoms with Gasteiger partial charge in [0, 0.05) is 22.9 Å². The molecule has 7 nitrogen and oxygen atoms in total. The number of ether oxygens (including phenoxy) is 1. The van der Waals surface area contributed by atoms with Crippen LogP contribution in [0.5, 0.6) is 0 Å². The Morgan fingerprint density at radius 3 is 2.32 bits per heavy atom. The number of nitriles is 1. The first kappa shape index (κ1) is 17.2. The zero-order chi connectivity index (χ0) is 20.0. The molecule has 0 fully saturated rings. The van der Waals surface area contributed by atoms with Crippen LogP contribution in [0.25, 0.3) is 5.69 Å². The molecular weight excluding hydrogens is 358 g/mol. The molecule has 1 aliphatic carbocycles. The van der Waals surface area contributed by atoms with Crippen LogP contribution in [0.3, 0.4) is 0 Å². The molecule has 28 heavy (non-hydrogen) atoms. The highest BCUT2D eigenvalue weighted by molar-refractivity contribution is 6.29. The maximum atomic E-state index is 13.2. The van der Waals surface area contributed by atoms with Gasteiger partial charge >= 0.3 is 5.97 Å². The van der Waals surface area contributed by atoms with Crippen molar-refractivity contribution in [3.05, 3.63) is 82.2 Å². The zero-order valence-corrected chi connectivity index (χ0v) is 14.7. The number of methoxy groups -OCH3 is 1. The number of hydrogen-bond acceptors (Lipinski definition) is 6. The number of rotatable bonds is 2. The average molecular weight is 371 g/mol. The van der Waals surface area contributed by atoms with E-state index in [1.807, 2.05) is 6.07 Å². The van der Waals surface area contributed by atoms with E-state index in [2.05, 4.69) is 0 Å². The van der Waals surface area contributed by atoms with Gasteiger partial charge in [0.2, 0.25) is 0 Å². The van der Waals surface area contributed by atoms with E-state index in [1.165, 1.54) is 17.9 Å². The average Bonchev–Trinajstić information content (AvgIpc) is 3.07. The fraction of sp³-hybridized carbons (Fsp3) is 0.0476. The third-order valence-corrected chi connectivity index (χ3v) is 4.73. The number of fused-ring (bicyclic) bond motifs is 2. The van der Waals surface area contributed by atoms with E-state index in [9.17, 15) is 19.6 Å². The Bertz CT molecular complexity index is 1230. The Balaban J connectivity index is 2.04. The molecule has 7 heteroatoms. The van der Waals surface area contributed by atoms with Gasteiger partial charge in [-0.05, 0) is 6.07 Å². The molecule has 0 aliphatic heterocycles. The molecule has 0 radical (unpaired) electrons. The van der Waals surface area contributed by atoms with Crippen molar-refractivity contribution >= 4 is 23.2 Å². The van der Waals surface area contributed by atoms with Crippen LogP contribution in [-0.2, 0) is 4.74 Å². The van der Waals surface area contributed by atoms with Crippen LogP contribution in [0.15, 0.2) is 48.7 Å². The predicted octanol–water partition coefficient (Wildman–Crippen LogP) is 2.49. The van der Waals surface area contributed by atoms with Crippen molar-refractivity contribution in [1.82, 2.24) is 4.57 Å². The number of nitrogens with zero attached hydrogens (tertiary/aromatic N) is 2. The minimum atomic E-state index is -0.758. The van der Waals surface area contributed by atoms with Gasteiger partial charge in [0.15, 0.2) is 17.3 Å². The Labute approximate surface area is 159 Å². The summed E-state index contributed by atoms with van der Waals surface area (Å²) in [5, 5.41) is 9.30. The van der Waals surface area contributed by atoms with Crippen LogP contribution in [0.2, 0.25) is 0 Å². The van der Waals surface area contributed by atoms with Gasteiger partial charge in [0.25, 0.3) is 0 Å². The summed E-state index contributed by atoms with van der Waals surface area (Å²) in [7, 11) is 1.19. The summed E-state index contributed by atoms with van der Waals surface area (Å²) in [4.78, 5) is 38.4. The van der Waals surface area contributed by atoms with E-state index in [-0.39, 0.29) is 50.9 Å². The van der Waals surface area contributed by atoms with Gasteiger partial charge in [-0.2, -0.15) is 5.26 Å². The smallest absolute Gasteiger partial charge is 0.357 e. The minimum absolute atomic E-state index is 0.0538. The molecule has 3 aromatic rings. The van der Waals surface area contributed by atoms with Crippen molar-refractivity contribution in [2.75, 3.05) is 12.8 Å². The third-order valence-electron chi connectivity index (χ3n) is 4.73. The van der Waals surface area contributed by atoms with E-state index in [0.717, 1.165) is 0 Å². The van der Waals surface area contributed by atoms with Crippen LogP contribution in [0.1, 0.15) is 47.9 Å². The number of aromatic nitrogens is 1. The highest BCUT2D eigenvalue weighted by Gasteiger charge is 2.33. The standard InChI is InChI=1S/C21H13N3O4/c1-28-21(27)18-17(23)11(9-22)10-24(18)15-8-4-7-14-16(15)20(26)13-6-3-2-5-12(13)19(14)25/h2-8,10H,23H2,1H3. The molecule has 2 aromatic carbocycles. The summed E-state index contributed by atoms with van der Waals surface area (Å²) in [6.45, 7) is 0. The molecule has 0 bridgehead atoms. The van der Waals surface area contributed by atoms with Gasteiger partial charge in [-0.25, -0.2) is 4.79 Å². The number of ketones is 2. The van der Waals surface area contributed by atoms with E-state index in [4.69, 9.17) is 10.5 Å². The van der Waals surface area contributed by atoms with Crippen molar-refractivity contribution in [3.8, 4) is 11.8 Å². The number of nitrogens with two attached hydrogens (primary N) is 1. The van der Waals surface area contributed by atoms with E-state index >= 15 is 0 Å². The van der Waals surface area contributed by atoms with Crippen LogP contribution >= 0.6 is 0 Å². The second-order valence-corrected chi connectivity index (χ2v) is 6.18. The number of carbonyl (C=O) groups excluding carboxylic acids is 3. The molecule has 136 valence electrons. The first-order chi connectivity index (χ1) is 13.5. The summed E-state index contributed by atoms with van der Waals surface area (Å²) in [6.07, 6.45) is 1.36. The maximum absolute atomic E-state index is 13.2. The SMILES string of the molecule is COC(=O)c1c(N)c(C#N)cn1-c1cccc2c1C(=O)c1ccccc1C2=O. The summed E-state index contributed by atoms with van der Waals surface area (Å²) in [6, 6.07) is 13.2. The van der Waals surface area contributed by atoms with Gasteiger partial charge in [-0.3, -0.25) is 9.59 Å². The number of esters is 1. The van der Waals surface area contributed by atoms with Crippen LogP contribution in [0, 0.1) is 11.3 Å². The third kappa shape index (κ3) is 2.25. The maximum Gasteiger partial charge on any atom is 0.357 e. The first-order valence-corrected chi connectivity index (χ1v) is 8.30. The van der Waals surface area contributed by atoms with Crippen LogP contribution < -0.4 is 5.73 Å². The highest BCUT2D eigenvalue weighted by Crippen LogP contribution is 2.33. The van der Waals surface area contributed by atoms with Crippen molar-refractivity contribution in [2.24, 2.45) is 0 Å². The topological polar surface area (TPSA) is 115 Å². The molecule has 1 aromatic heterocycles. The predicted molar refractivity (Wildman–Crippen MR) is 99.5 cm³/mol. The number of hydrogen-bond donors (Lipinski definition) is 1. The van der Waals surface area contributed by atoms with E-state index in [0.29, 0.717) is 5.56 Å². The molecule has 0 spiro atoms. The Hall–Kier alpha value is -4.18. The summed E-state index contributed by atoms with van der Waals surface area (Å²) in [5.74, 6) is -1.39. The largest absolute Gasteiger partial charge is 0.464 e. The summed E-state index contributed by atoms with van der Waals surface area (Å²) < 4.78 is 6.12. The van der Waals surface area contributed by atoms with Crippen molar-refractivity contribution in [2.45, 2.75) is 0 Å². The molecule has 1 aliphatic rings. The molecule has 4 rings (SSSR count). The zero-order valence-electron chi connectivity index (χ0n) is 14.7. The van der Waals surface area contributed by atoms with Crippen molar-refractivity contribution in [1.29, 1.82) is 5.26 Å². The lowest BCUT2D eigenvalue weighted by Gasteiger charge is -2.21. The monoisotopic (exact) mass is 371 g/mol. The van der Waals surface area contributed by atoms with E-state index in [1.54, 1.807) is 42.5 Å². The molecule has 0 saturated heterocycles. The second-order valence-electron chi connectivity index (χ2n) is 6.18. The molecule has 0 amide bonds. The quantitative estimate of drug-likeness (QED) is 0.541. The molecule has 1 heterocycles. The number of anilines is 1. The normalized spacial score (nSPS) is 12.1. The highest BCUT2D eigenvalue weighted by atomic mass is 16.5. The van der Waals surface area contributed by atoms with Crippen LogP contribution in [0.4, 0.5) is 5.69 Å². The van der Waals surface area contributed by atoms with Gasteiger partial charge in [0.1, 0.15) is 6.07 Å². The fourth-order valence-corrected chi connectivity index (χ4v) is 3.43. The lowest BCUT2D eigenvalue weighted by atomic mass is 9.83. The Morgan fingerprint density at radius 2 is 1.68 bits per heavy atom. The molecule has 0 atom stereocenters. The minimum Gasteiger partial charge on any atom is -0.464 e. The Morgan fingerprint density at radius 1 is 1.04 bits per heavy atom. The van der Waals surface area contributed by atoms with E-state index < -0.39 is 5.97 Å². The molecule has 2 N–H and O–H groups in total. The number of carbonyl (C=O) groups is 3.